The number of amides is 1. The lowest BCUT2D eigenvalue weighted by atomic mass is 10.2. The van der Waals surface area contributed by atoms with Crippen molar-refractivity contribution in [1.82, 2.24) is 10.6 Å². The summed E-state index contributed by atoms with van der Waals surface area (Å²) >= 11 is 0. The van der Waals surface area contributed by atoms with Crippen LogP contribution in [0.15, 0.2) is 0 Å². The third-order valence-corrected chi connectivity index (χ3v) is 1.89. The first-order chi connectivity index (χ1) is 6.38. The lowest BCUT2D eigenvalue weighted by Gasteiger charge is -2.12. The number of β-amino-alcohol motifs (C(OH)–C–C–N with tert-alkyl or cyclic N) is 1. The zero-order chi connectivity index (χ0) is 10.8. The zero-order valence-corrected chi connectivity index (χ0v) is 7.27. The van der Waals surface area contributed by atoms with E-state index in [1.807, 2.05) is 0 Å². The molecule has 1 amide bonds. The Labute approximate surface area is 78.5 Å². The third-order valence-electron chi connectivity index (χ3n) is 1.89. The van der Waals surface area contributed by atoms with Crippen LogP contribution in [-0.4, -0.2) is 42.4 Å². The Morgan fingerprint density at radius 2 is 2.21 bits per heavy atom. The van der Waals surface area contributed by atoms with Crippen molar-refractivity contribution in [3.63, 3.8) is 0 Å². The van der Waals surface area contributed by atoms with Gasteiger partial charge in [0.2, 0.25) is 5.91 Å². The molecule has 0 unspecified atom stereocenters. The van der Waals surface area contributed by atoms with Gasteiger partial charge in [-0.1, -0.05) is 0 Å². The summed E-state index contributed by atoms with van der Waals surface area (Å²) in [5, 5.41) is 13.4. The number of nitrogens with one attached hydrogen (secondary N) is 2. The van der Waals surface area contributed by atoms with Crippen LogP contribution in [0, 0.1) is 0 Å². The standard InChI is InChI=1S/C7H11F3N2O2/c8-7(9,10)3-12-6(14)5-1-4(13)2-11-5/h4-5,11,13H,1-3H2,(H,12,14)/t4-,5+/m0/s1. The second-order valence-corrected chi connectivity index (χ2v) is 3.18. The highest BCUT2D eigenvalue weighted by Gasteiger charge is 2.32. The summed E-state index contributed by atoms with van der Waals surface area (Å²) in [4.78, 5) is 11.1. The Kier molecular flexibility index (Phi) is 3.33. The molecular weight excluding hydrogens is 201 g/mol. The molecule has 1 aliphatic heterocycles. The van der Waals surface area contributed by atoms with Gasteiger partial charge in [-0.05, 0) is 6.42 Å². The molecule has 14 heavy (non-hydrogen) atoms. The van der Waals surface area contributed by atoms with Crippen molar-refractivity contribution in [3.8, 4) is 0 Å². The molecule has 4 nitrogen and oxygen atoms in total. The van der Waals surface area contributed by atoms with Crippen LogP contribution in [0.2, 0.25) is 0 Å². The molecule has 0 radical (unpaired) electrons. The Balaban J connectivity index is 2.29. The van der Waals surface area contributed by atoms with Gasteiger partial charge in [0.25, 0.3) is 0 Å². The van der Waals surface area contributed by atoms with Crippen LogP contribution in [0.5, 0.6) is 0 Å². The Morgan fingerprint density at radius 3 is 2.64 bits per heavy atom. The number of aliphatic hydroxyl groups excluding tert-OH is 1. The minimum atomic E-state index is -4.40. The van der Waals surface area contributed by atoms with Crippen LogP contribution in [0.3, 0.4) is 0 Å². The SMILES string of the molecule is O=C(NCC(F)(F)F)[C@H]1C[C@H](O)CN1. The lowest BCUT2D eigenvalue weighted by molar-refractivity contribution is -0.139. The molecule has 82 valence electrons. The molecule has 7 heteroatoms. The predicted octanol–water partition coefficient (Wildman–Crippen LogP) is -0.612. The van der Waals surface area contributed by atoms with Crippen molar-refractivity contribution in [1.29, 1.82) is 0 Å². The number of alkyl halides is 3. The van der Waals surface area contributed by atoms with E-state index in [2.05, 4.69) is 5.32 Å². The molecule has 0 bridgehead atoms. The molecule has 3 N–H and O–H groups in total. The van der Waals surface area contributed by atoms with Gasteiger partial charge >= 0.3 is 6.18 Å². The molecule has 1 aliphatic rings. The number of hydrogen-bond acceptors (Lipinski definition) is 3. The first-order valence-electron chi connectivity index (χ1n) is 4.14. The second kappa shape index (κ2) is 4.14. The van der Waals surface area contributed by atoms with Crippen molar-refractivity contribution in [2.75, 3.05) is 13.1 Å². The largest absolute Gasteiger partial charge is 0.405 e. The summed E-state index contributed by atoms with van der Waals surface area (Å²) in [6, 6.07) is -0.715. The third kappa shape index (κ3) is 3.51. The van der Waals surface area contributed by atoms with Crippen LogP contribution >= 0.6 is 0 Å². The van der Waals surface area contributed by atoms with Gasteiger partial charge in [-0.3, -0.25) is 4.79 Å². The van der Waals surface area contributed by atoms with Gasteiger partial charge in [-0.2, -0.15) is 13.2 Å². The average Bonchev–Trinajstić information content (AvgIpc) is 2.46. The first kappa shape index (κ1) is 11.3. The molecule has 0 aromatic carbocycles. The Morgan fingerprint density at radius 1 is 1.57 bits per heavy atom. The van der Waals surface area contributed by atoms with Gasteiger partial charge in [0.05, 0.1) is 12.1 Å². The van der Waals surface area contributed by atoms with E-state index in [1.54, 1.807) is 5.32 Å². The summed E-state index contributed by atoms with van der Waals surface area (Å²) in [6.07, 6.45) is -4.90. The smallest absolute Gasteiger partial charge is 0.392 e. The summed E-state index contributed by atoms with van der Waals surface area (Å²) < 4.78 is 35.1. The van der Waals surface area contributed by atoms with Crippen molar-refractivity contribution in [2.45, 2.75) is 24.7 Å². The van der Waals surface area contributed by atoms with E-state index in [9.17, 15) is 18.0 Å². The van der Waals surface area contributed by atoms with Crippen molar-refractivity contribution in [2.24, 2.45) is 0 Å². The number of hydrogen-bond donors (Lipinski definition) is 3. The second-order valence-electron chi connectivity index (χ2n) is 3.18. The molecule has 1 heterocycles. The molecule has 0 aromatic rings. The minimum absolute atomic E-state index is 0.156. The molecule has 0 saturated carbocycles. The molecule has 0 aliphatic carbocycles. The summed E-state index contributed by atoms with van der Waals surface area (Å²) in [7, 11) is 0. The van der Waals surface area contributed by atoms with Gasteiger partial charge in [-0.25, -0.2) is 0 Å². The van der Waals surface area contributed by atoms with E-state index in [4.69, 9.17) is 5.11 Å². The number of rotatable bonds is 2. The van der Waals surface area contributed by atoms with Crippen LogP contribution in [0.25, 0.3) is 0 Å². The Bertz CT molecular complexity index is 219. The first-order valence-corrected chi connectivity index (χ1v) is 4.14. The highest BCUT2D eigenvalue weighted by molar-refractivity contribution is 5.82. The average molecular weight is 212 g/mol. The number of carbonyl (C=O) groups is 1. The fourth-order valence-electron chi connectivity index (χ4n) is 1.23. The van der Waals surface area contributed by atoms with E-state index in [1.165, 1.54) is 0 Å². The normalized spacial score (nSPS) is 27.7. The molecule has 0 spiro atoms. The van der Waals surface area contributed by atoms with E-state index >= 15 is 0 Å². The number of halogens is 3. The highest BCUT2D eigenvalue weighted by Crippen LogP contribution is 2.13. The van der Waals surface area contributed by atoms with Crippen LogP contribution in [-0.2, 0) is 4.79 Å². The van der Waals surface area contributed by atoms with Crippen LogP contribution in [0.1, 0.15) is 6.42 Å². The number of carbonyl (C=O) groups excluding carboxylic acids is 1. The quantitative estimate of drug-likeness (QED) is 0.572. The topological polar surface area (TPSA) is 61.4 Å². The number of aliphatic hydroxyl groups is 1. The van der Waals surface area contributed by atoms with Gasteiger partial charge in [0, 0.05) is 6.54 Å². The molecule has 1 rings (SSSR count). The van der Waals surface area contributed by atoms with Crippen molar-refractivity contribution in [3.05, 3.63) is 0 Å². The molecule has 1 saturated heterocycles. The molecule has 1 fully saturated rings. The zero-order valence-electron chi connectivity index (χ0n) is 7.27. The van der Waals surface area contributed by atoms with Crippen LogP contribution in [0.4, 0.5) is 13.2 Å². The van der Waals surface area contributed by atoms with E-state index < -0.39 is 30.8 Å². The van der Waals surface area contributed by atoms with Crippen LogP contribution < -0.4 is 10.6 Å². The lowest BCUT2D eigenvalue weighted by Crippen LogP contribution is -2.44. The minimum Gasteiger partial charge on any atom is -0.392 e. The molecule has 2 atom stereocenters. The highest BCUT2D eigenvalue weighted by atomic mass is 19.4. The van der Waals surface area contributed by atoms with Crippen molar-refractivity contribution < 1.29 is 23.1 Å². The maximum Gasteiger partial charge on any atom is 0.405 e. The van der Waals surface area contributed by atoms with Gasteiger partial charge in [-0.15, -0.1) is 0 Å². The van der Waals surface area contributed by atoms with E-state index in [0.29, 0.717) is 0 Å². The van der Waals surface area contributed by atoms with E-state index in [0.717, 1.165) is 0 Å². The van der Waals surface area contributed by atoms with Gasteiger partial charge in [0.15, 0.2) is 0 Å². The fraction of sp³-hybridized carbons (Fsp3) is 0.857. The summed E-state index contributed by atoms with van der Waals surface area (Å²) in [5.41, 5.74) is 0. The molecular formula is C7H11F3N2O2. The van der Waals surface area contributed by atoms with Gasteiger partial charge in [0.1, 0.15) is 6.54 Å². The monoisotopic (exact) mass is 212 g/mol. The predicted molar refractivity (Wildman–Crippen MR) is 41.5 cm³/mol. The van der Waals surface area contributed by atoms with Gasteiger partial charge < -0.3 is 15.7 Å². The summed E-state index contributed by atoms with van der Waals surface area (Å²) in [5.74, 6) is -0.723. The Hall–Kier alpha value is -0.820. The maximum absolute atomic E-state index is 11.7. The molecule has 0 aromatic heterocycles. The maximum atomic E-state index is 11.7. The van der Waals surface area contributed by atoms with E-state index in [-0.39, 0.29) is 13.0 Å². The fourth-order valence-corrected chi connectivity index (χ4v) is 1.23. The van der Waals surface area contributed by atoms with Crippen molar-refractivity contribution >= 4 is 5.91 Å². The summed E-state index contributed by atoms with van der Waals surface area (Å²) in [6.45, 7) is -1.09.